The third-order valence-corrected chi connectivity index (χ3v) is 6.41. The molecule has 144 valence electrons. The van der Waals surface area contributed by atoms with Gasteiger partial charge in [0.15, 0.2) is 0 Å². The predicted molar refractivity (Wildman–Crippen MR) is 109 cm³/mol. The van der Waals surface area contributed by atoms with Gasteiger partial charge in [0.05, 0.1) is 22.9 Å². The number of ether oxygens (including phenoxy) is 2. The highest BCUT2D eigenvalue weighted by Crippen LogP contribution is 2.35. The van der Waals surface area contributed by atoms with Crippen LogP contribution in [0.1, 0.15) is 5.56 Å². The first kappa shape index (κ1) is 18.5. The molecule has 0 aliphatic carbocycles. The number of epoxide rings is 1. The Balaban J connectivity index is 1.79. The lowest BCUT2D eigenvalue weighted by atomic mass is 10.2. The standard InChI is InChI=1S/C22H21NO4S/c1-17-8-5-6-13-22(17)28(24,25)23(18-9-3-2-4-10-18)19-11-7-12-20(14-19)26-15-21-16-27-21/h2-14,21H,15-16H2,1H3. The molecule has 0 saturated carbocycles. The molecular weight excluding hydrogens is 374 g/mol. The van der Waals surface area contributed by atoms with Gasteiger partial charge < -0.3 is 9.47 Å². The average Bonchev–Trinajstić information content (AvgIpc) is 3.52. The summed E-state index contributed by atoms with van der Waals surface area (Å²) >= 11 is 0. The van der Waals surface area contributed by atoms with Crippen molar-refractivity contribution in [2.45, 2.75) is 17.9 Å². The number of para-hydroxylation sites is 1. The SMILES string of the molecule is Cc1ccccc1S(=O)(=O)N(c1ccccc1)c1cccc(OCC2CO2)c1. The molecule has 1 aliphatic heterocycles. The smallest absolute Gasteiger partial charge is 0.268 e. The molecule has 6 heteroatoms. The molecule has 28 heavy (non-hydrogen) atoms. The maximum absolute atomic E-state index is 13.6. The number of aryl methyl sites for hydroxylation is 1. The van der Waals surface area contributed by atoms with Gasteiger partial charge in [0.2, 0.25) is 0 Å². The van der Waals surface area contributed by atoms with E-state index in [0.717, 1.165) is 0 Å². The first-order valence-corrected chi connectivity index (χ1v) is 10.5. The molecule has 4 rings (SSSR count). The van der Waals surface area contributed by atoms with E-state index in [4.69, 9.17) is 9.47 Å². The van der Waals surface area contributed by atoms with Crippen LogP contribution in [0.4, 0.5) is 11.4 Å². The first-order chi connectivity index (χ1) is 13.6. The Bertz CT molecular complexity index is 1060. The lowest BCUT2D eigenvalue weighted by Crippen LogP contribution is -2.27. The zero-order chi connectivity index (χ0) is 19.6. The van der Waals surface area contributed by atoms with Crippen molar-refractivity contribution in [1.29, 1.82) is 0 Å². The summed E-state index contributed by atoms with van der Waals surface area (Å²) in [4.78, 5) is 0.275. The lowest BCUT2D eigenvalue weighted by molar-refractivity contribution is 0.263. The molecule has 3 aromatic carbocycles. The van der Waals surface area contributed by atoms with Crippen LogP contribution in [-0.4, -0.2) is 27.7 Å². The van der Waals surface area contributed by atoms with Crippen LogP contribution in [0.3, 0.4) is 0 Å². The number of hydrogen-bond donors (Lipinski definition) is 0. The van der Waals surface area contributed by atoms with Crippen LogP contribution in [0.25, 0.3) is 0 Å². The molecule has 0 bridgehead atoms. The van der Waals surface area contributed by atoms with Gasteiger partial charge in [-0.1, -0.05) is 42.5 Å². The monoisotopic (exact) mass is 395 g/mol. The van der Waals surface area contributed by atoms with E-state index in [9.17, 15) is 8.42 Å². The number of nitrogens with zero attached hydrogens (tertiary/aromatic N) is 1. The number of hydrogen-bond acceptors (Lipinski definition) is 4. The number of anilines is 2. The second-order valence-corrected chi connectivity index (χ2v) is 8.39. The molecular formula is C22H21NO4S. The van der Waals surface area contributed by atoms with Crippen LogP contribution in [-0.2, 0) is 14.8 Å². The topological polar surface area (TPSA) is 59.1 Å². The van der Waals surface area contributed by atoms with Crippen LogP contribution in [0.2, 0.25) is 0 Å². The summed E-state index contributed by atoms with van der Waals surface area (Å²) in [6.07, 6.45) is 0.129. The van der Waals surface area contributed by atoms with E-state index in [1.54, 1.807) is 55.5 Å². The molecule has 1 saturated heterocycles. The molecule has 1 unspecified atom stereocenters. The van der Waals surface area contributed by atoms with Gasteiger partial charge in [-0.3, -0.25) is 0 Å². The van der Waals surface area contributed by atoms with E-state index < -0.39 is 10.0 Å². The Morgan fingerprint density at radius 3 is 2.36 bits per heavy atom. The van der Waals surface area contributed by atoms with E-state index in [1.165, 1.54) is 4.31 Å². The van der Waals surface area contributed by atoms with Gasteiger partial charge in [0, 0.05) is 6.07 Å². The summed E-state index contributed by atoms with van der Waals surface area (Å²) in [5, 5.41) is 0. The summed E-state index contributed by atoms with van der Waals surface area (Å²) in [5.41, 5.74) is 1.78. The van der Waals surface area contributed by atoms with Crippen molar-refractivity contribution >= 4 is 21.4 Å². The van der Waals surface area contributed by atoms with E-state index >= 15 is 0 Å². The van der Waals surface area contributed by atoms with Crippen molar-refractivity contribution in [2.24, 2.45) is 0 Å². The Labute approximate surface area is 165 Å². The fourth-order valence-electron chi connectivity index (χ4n) is 2.99. The Morgan fingerprint density at radius 1 is 0.964 bits per heavy atom. The third kappa shape index (κ3) is 3.88. The molecule has 1 aliphatic rings. The second kappa shape index (κ2) is 7.66. The quantitative estimate of drug-likeness (QED) is 0.560. The number of sulfonamides is 1. The van der Waals surface area contributed by atoms with Gasteiger partial charge in [0.25, 0.3) is 10.0 Å². The van der Waals surface area contributed by atoms with Gasteiger partial charge in [0.1, 0.15) is 18.5 Å². The predicted octanol–water partition coefficient (Wildman–Crippen LogP) is 4.30. The van der Waals surface area contributed by atoms with Crippen molar-refractivity contribution < 1.29 is 17.9 Å². The van der Waals surface area contributed by atoms with E-state index in [-0.39, 0.29) is 11.0 Å². The maximum atomic E-state index is 13.6. The zero-order valence-corrected chi connectivity index (χ0v) is 16.3. The molecule has 0 N–H and O–H groups in total. The summed E-state index contributed by atoms with van der Waals surface area (Å²) in [7, 11) is -3.82. The largest absolute Gasteiger partial charge is 0.491 e. The van der Waals surface area contributed by atoms with Crippen molar-refractivity contribution in [3.05, 3.63) is 84.4 Å². The second-order valence-electron chi connectivity index (χ2n) is 6.63. The highest BCUT2D eigenvalue weighted by atomic mass is 32.2. The maximum Gasteiger partial charge on any atom is 0.268 e. The number of rotatable bonds is 7. The Hall–Kier alpha value is -2.83. The third-order valence-electron chi connectivity index (χ3n) is 4.49. The van der Waals surface area contributed by atoms with Crippen molar-refractivity contribution in [3.63, 3.8) is 0 Å². The Morgan fingerprint density at radius 2 is 1.64 bits per heavy atom. The minimum absolute atomic E-state index is 0.129. The lowest BCUT2D eigenvalue weighted by Gasteiger charge is -2.25. The highest BCUT2D eigenvalue weighted by molar-refractivity contribution is 7.93. The molecule has 0 spiro atoms. The fourth-order valence-corrected chi connectivity index (χ4v) is 4.70. The van der Waals surface area contributed by atoms with Gasteiger partial charge in [-0.15, -0.1) is 0 Å². The van der Waals surface area contributed by atoms with Crippen LogP contribution in [0.15, 0.2) is 83.8 Å². The molecule has 0 aromatic heterocycles. The number of benzene rings is 3. The highest BCUT2D eigenvalue weighted by Gasteiger charge is 2.28. The van der Waals surface area contributed by atoms with Crippen molar-refractivity contribution in [3.8, 4) is 5.75 Å². The van der Waals surface area contributed by atoms with E-state index in [1.807, 2.05) is 30.3 Å². The molecule has 1 atom stereocenters. The summed E-state index contributed by atoms with van der Waals surface area (Å²) in [5.74, 6) is 0.605. The summed E-state index contributed by atoms with van der Waals surface area (Å²) in [6.45, 7) is 2.96. The molecule has 1 fully saturated rings. The fraction of sp³-hybridized carbons (Fsp3) is 0.182. The summed E-state index contributed by atoms with van der Waals surface area (Å²) < 4.78 is 39.5. The summed E-state index contributed by atoms with van der Waals surface area (Å²) in [6, 6.07) is 23.2. The molecule has 0 amide bonds. The van der Waals surface area contributed by atoms with Crippen LogP contribution < -0.4 is 9.04 Å². The van der Waals surface area contributed by atoms with Crippen molar-refractivity contribution in [2.75, 3.05) is 17.5 Å². The Kier molecular flexibility index (Phi) is 5.07. The van der Waals surface area contributed by atoms with E-state index in [2.05, 4.69) is 0 Å². The van der Waals surface area contributed by atoms with Crippen molar-refractivity contribution in [1.82, 2.24) is 0 Å². The molecule has 0 radical (unpaired) electrons. The molecule has 1 heterocycles. The van der Waals surface area contributed by atoms with E-state index in [0.29, 0.717) is 35.9 Å². The van der Waals surface area contributed by atoms with Crippen LogP contribution in [0.5, 0.6) is 5.75 Å². The average molecular weight is 395 g/mol. The van der Waals surface area contributed by atoms with Crippen LogP contribution in [0, 0.1) is 6.92 Å². The minimum atomic E-state index is -3.82. The zero-order valence-electron chi connectivity index (χ0n) is 15.5. The normalized spacial score (nSPS) is 15.8. The molecule has 3 aromatic rings. The van der Waals surface area contributed by atoms with Gasteiger partial charge >= 0.3 is 0 Å². The van der Waals surface area contributed by atoms with Gasteiger partial charge in [-0.25, -0.2) is 12.7 Å². The molecule has 5 nitrogen and oxygen atoms in total. The first-order valence-electron chi connectivity index (χ1n) is 9.06. The minimum Gasteiger partial charge on any atom is -0.491 e. The van der Waals surface area contributed by atoms with Gasteiger partial charge in [-0.2, -0.15) is 0 Å². The van der Waals surface area contributed by atoms with Crippen LogP contribution >= 0.6 is 0 Å². The van der Waals surface area contributed by atoms with Gasteiger partial charge in [-0.05, 0) is 42.8 Å².